The summed E-state index contributed by atoms with van der Waals surface area (Å²) in [6, 6.07) is 19.9. The summed E-state index contributed by atoms with van der Waals surface area (Å²) < 4.78 is 5.15. The first kappa shape index (κ1) is 19.7. The number of H-pyrrole nitrogens is 1. The van der Waals surface area contributed by atoms with Gasteiger partial charge in [0.2, 0.25) is 0 Å². The number of aromatic amines is 1. The Labute approximate surface area is 177 Å². The Morgan fingerprint density at radius 1 is 1.07 bits per heavy atom. The van der Waals surface area contributed by atoms with Crippen LogP contribution in [0.4, 0.5) is 5.69 Å². The van der Waals surface area contributed by atoms with Crippen molar-refractivity contribution >= 4 is 40.2 Å². The number of halogens is 1. The number of imidazole rings is 1. The lowest BCUT2D eigenvalue weighted by Crippen LogP contribution is -2.21. The van der Waals surface area contributed by atoms with E-state index in [0.29, 0.717) is 27.6 Å². The number of nitrogens with zero attached hydrogens (tertiary/aromatic N) is 1. The molecule has 150 valence electrons. The number of rotatable bonds is 5. The normalized spacial score (nSPS) is 10.7. The van der Waals surface area contributed by atoms with Gasteiger partial charge in [-0.3, -0.25) is 4.79 Å². The minimum absolute atomic E-state index is 0.331. The van der Waals surface area contributed by atoms with E-state index in [1.807, 2.05) is 37.3 Å². The summed E-state index contributed by atoms with van der Waals surface area (Å²) in [6.07, 6.45) is 0. The van der Waals surface area contributed by atoms with Gasteiger partial charge in [-0.1, -0.05) is 48.0 Å². The van der Waals surface area contributed by atoms with E-state index in [9.17, 15) is 9.59 Å². The molecule has 0 bridgehead atoms. The van der Waals surface area contributed by atoms with E-state index in [4.69, 9.17) is 16.3 Å². The Bertz CT molecular complexity index is 1240. The number of amides is 1. The number of aromatic nitrogens is 2. The molecular weight excluding hydrogens is 402 g/mol. The second kappa shape index (κ2) is 8.39. The summed E-state index contributed by atoms with van der Waals surface area (Å²) in [5.74, 6) is -0.319. The van der Waals surface area contributed by atoms with Gasteiger partial charge in [-0.25, -0.2) is 9.78 Å². The van der Waals surface area contributed by atoms with Crippen LogP contribution >= 0.6 is 11.6 Å². The van der Waals surface area contributed by atoms with Crippen LogP contribution in [0.5, 0.6) is 0 Å². The van der Waals surface area contributed by atoms with Crippen LogP contribution in [0.1, 0.15) is 15.9 Å². The molecule has 0 spiro atoms. The van der Waals surface area contributed by atoms with Gasteiger partial charge in [0.15, 0.2) is 6.61 Å². The molecule has 1 heterocycles. The van der Waals surface area contributed by atoms with Crippen LogP contribution in [-0.4, -0.2) is 28.5 Å². The Hall–Kier alpha value is -3.64. The van der Waals surface area contributed by atoms with E-state index in [-0.39, 0.29) is 0 Å². The van der Waals surface area contributed by atoms with Crippen molar-refractivity contribution in [3.8, 4) is 11.4 Å². The van der Waals surface area contributed by atoms with Crippen LogP contribution in [0.15, 0.2) is 66.7 Å². The number of benzene rings is 3. The monoisotopic (exact) mass is 419 g/mol. The molecule has 30 heavy (non-hydrogen) atoms. The second-order valence-electron chi connectivity index (χ2n) is 6.77. The minimum atomic E-state index is -0.592. The zero-order valence-corrected chi connectivity index (χ0v) is 16.9. The van der Waals surface area contributed by atoms with Crippen LogP contribution in [-0.2, 0) is 9.53 Å². The second-order valence-corrected chi connectivity index (χ2v) is 7.20. The smallest absolute Gasteiger partial charge is 0.338 e. The van der Waals surface area contributed by atoms with Crippen molar-refractivity contribution in [1.29, 1.82) is 0 Å². The van der Waals surface area contributed by atoms with Crippen molar-refractivity contribution < 1.29 is 14.3 Å². The Morgan fingerprint density at radius 3 is 2.67 bits per heavy atom. The number of fused-ring (bicyclic) bond motifs is 1. The highest BCUT2D eigenvalue weighted by Crippen LogP contribution is 2.22. The van der Waals surface area contributed by atoms with E-state index in [1.54, 1.807) is 36.4 Å². The highest BCUT2D eigenvalue weighted by atomic mass is 35.5. The van der Waals surface area contributed by atoms with Gasteiger partial charge in [0.1, 0.15) is 5.82 Å². The minimum Gasteiger partial charge on any atom is -0.452 e. The summed E-state index contributed by atoms with van der Waals surface area (Å²) in [7, 11) is 0. The van der Waals surface area contributed by atoms with Gasteiger partial charge in [-0.2, -0.15) is 0 Å². The molecule has 0 unspecified atom stereocenters. The summed E-state index contributed by atoms with van der Waals surface area (Å²) >= 11 is 5.95. The molecule has 0 radical (unpaired) electrons. The van der Waals surface area contributed by atoms with E-state index < -0.39 is 18.5 Å². The molecule has 1 aromatic heterocycles. The van der Waals surface area contributed by atoms with Crippen LogP contribution in [0.3, 0.4) is 0 Å². The topological polar surface area (TPSA) is 84.1 Å². The third-order valence-corrected chi connectivity index (χ3v) is 4.81. The predicted octanol–water partition coefficient (Wildman–Crippen LogP) is 4.99. The highest BCUT2D eigenvalue weighted by Gasteiger charge is 2.13. The third-order valence-electron chi connectivity index (χ3n) is 4.57. The molecule has 7 heteroatoms. The average Bonchev–Trinajstić information content (AvgIpc) is 3.18. The van der Waals surface area contributed by atoms with Crippen molar-refractivity contribution in [3.63, 3.8) is 0 Å². The molecule has 0 fully saturated rings. The van der Waals surface area contributed by atoms with Gasteiger partial charge >= 0.3 is 5.97 Å². The van der Waals surface area contributed by atoms with E-state index in [1.165, 1.54) is 0 Å². The van der Waals surface area contributed by atoms with E-state index >= 15 is 0 Å². The number of hydrogen-bond acceptors (Lipinski definition) is 4. The number of esters is 1. The van der Waals surface area contributed by atoms with Crippen LogP contribution in [0.2, 0.25) is 5.02 Å². The van der Waals surface area contributed by atoms with Crippen LogP contribution in [0.25, 0.3) is 22.4 Å². The van der Waals surface area contributed by atoms with Gasteiger partial charge in [0.25, 0.3) is 5.91 Å². The molecule has 0 saturated heterocycles. The van der Waals surface area contributed by atoms with Crippen molar-refractivity contribution in [1.82, 2.24) is 9.97 Å². The van der Waals surface area contributed by atoms with E-state index in [2.05, 4.69) is 15.3 Å². The molecule has 0 atom stereocenters. The third kappa shape index (κ3) is 4.34. The van der Waals surface area contributed by atoms with Crippen LogP contribution < -0.4 is 5.32 Å². The SMILES string of the molecule is Cc1ccc(Cl)cc1NC(=O)COC(=O)c1ccc2nc(-c3ccccc3)[nH]c2c1. The lowest BCUT2D eigenvalue weighted by Gasteiger charge is -2.09. The summed E-state index contributed by atoms with van der Waals surface area (Å²) in [5.41, 5.74) is 4.17. The van der Waals surface area contributed by atoms with Gasteiger partial charge in [0.05, 0.1) is 16.6 Å². The lowest BCUT2D eigenvalue weighted by atomic mass is 10.2. The summed E-state index contributed by atoms with van der Waals surface area (Å²) in [4.78, 5) is 32.3. The molecule has 0 aliphatic rings. The lowest BCUT2D eigenvalue weighted by molar-refractivity contribution is -0.119. The molecule has 0 aliphatic carbocycles. The maximum absolute atomic E-state index is 12.4. The highest BCUT2D eigenvalue weighted by molar-refractivity contribution is 6.31. The summed E-state index contributed by atoms with van der Waals surface area (Å²) in [5, 5.41) is 3.20. The predicted molar refractivity (Wildman–Crippen MR) is 117 cm³/mol. The van der Waals surface area contributed by atoms with Crippen molar-refractivity contribution in [2.45, 2.75) is 6.92 Å². The standard InChI is InChI=1S/C23H18ClN3O3/c1-14-7-9-17(24)12-19(14)25-21(28)13-30-23(29)16-8-10-18-20(11-16)27-22(26-18)15-5-3-2-4-6-15/h2-12H,13H2,1H3,(H,25,28)(H,26,27). The first-order valence-electron chi connectivity index (χ1n) is 9.28. The number of hydrogen-bond donors (Lipinski definition) is 2. The Balaban J connectivity index is 1.43. The largest absolute Gasteiger partial charge is 0.452 e. The molecule has 0 saturated carbocycles. The maximum atomic E-state index is 12.4. The first-order valence-corrected chi connectivity index (χ1v) is 9.66. The molecule has 4 rings (SSSR count). The fourth-order valence-corrected chi connectivity index (χ4v) is 3.17. The van der Waals surface area contributed by atoms with Crippen molar-refractivity contribution in [3.05, 3.63) is 82.9 Å². The molecule has 0 aliphatic heterocycles. The zero-order valence-electron chi connectivity index (χ0n) is 16.1. The zero-order chi connectivity index (χ0) is 21.1. The molecule has 4 aromatic rings. The Morgan fingerprint density at radius 2 is 1.87 bits per heavy atom. The molecular formula is C23H18ClN3O3. The van der Waals surface area contributed by atoms with Gasteiger partial charge in [-0.15, -0.1) is 0 Å². The maximum Gasteiger partial charge on any atom is 0.338 e. The number of nitrogens with one attached hydrogen (secondary N) is 2. The van der Waals surface area contributed by atoms with Gasteiger partial charge in [-0.05, 0) is 42.8 Å². The van der Waals surface area contributed by atoms with Gasteiger partial charge in [0, 0.05) is 16.3 Å². The summed E-state index contributed by atoms with van der Waals surface area (Å²) in [6.45, 7) is 1.45. The fraction of sp³-hybridized carbons (Fsp3) is 0.0870. The van der Waals surface area contributed by atoms with Crippen molar-refractivity contribution in [2.75, 3.05) is 11.9 Å². The van der Waals surface area contributed by atoms with E-state index in [0.717, 1.165) is 16.6 Å². The number of anilines is 1. The number of carbonyl (C=O) groups excluding carboxylic acids is 2. The van der Waals surface area contributed by atoms with Gasteiger partial charge < -0.3 is 15.0 Å². The average molecular weight is 420 g/mol. The molecule has 6 nitrogen and oxygen atoms in total. The Kier molecular flexibility index (Phi) is 5.50. The molecule has 1 amide bonds. The molecule has 2 N–H and O–H groups in total. The number of carbonyl (C=O) groups is 2. The quantitative estimate of drug-likeness (QED) is 0.446. The number of aryl methyl sites for hydroxylation is 1. The fourth-order valence-electron chi connectivity index (χ4n) is 3.00. The van der Waals surface area contributed by atoms with Crippen molar-refractivity contribution in [2.24, 2.45) is 0 Å². The first-order chi connectivity index (χ1) is 14.5. The number of ether oxygens (including phenoxy) is 1. The molecule has 3 aromatic carbocycles. The van der Waals surface area contributed by atoms with Crippen LogP contribution in [0, 0.1) is 6.92 Å².